The fourth-order valence-corrected chi connectivity index (χ4v) is 2.92. The number of aromatic nitrogens is 1. The van der Waals surface area contributed by atoms with E-state index < -0.39 is 0 Å². The van der Waals surface area contributed by atoms with E-state index in [1.165, 1.54) is 5.56 Å². The highest BCUT2D eigenvalue weighted by Gasteiger charge is 2.27. The van der Waals surface area contributed by atoms with Crippen molar-refractivity contribution in [2.75, 3.05) is 0 Å². The van der Waals surface area contributed by atoms with Gasteiger partial charge in [0.2, 0.25) is 0 Å². The topological polar surface area (TPSA) is 37.5 Å². The Morgan fingerprint density at radius 2 is 2.36 bits per heavy atom. The van der Waals surface area contributed by atoms with Gasteiger partial charge in [-0.1, -0.05) is 5.16 Å². The fourth-order valence-electron chi connectivity index (χ4n) is 1.89. The van der Waals surface area contributed by atoms with Crippen molar-refractivity contribution in [3.05, 3.63) is 39.8 Å². The van der Waals surface area contributed by atoms with Crippen molar-refractivity contribution < 1.29 is 5.21 Å². The van der Waals surface area contributed by atoms with Crippen molar-refractivity contribution in [2.45, 2.75) is 6.92 Å². The number of hydrogen-bond donors (Lipinski definition) is 1. The largest absolute Gasteiger partial charge is 0.410 e. The third-order valence-electron chi connectivity index (χ3n) is 2.49. The van der Waals surface area contributed by atoms with Gasteiger partial charge in [-0.2, -0.15) is 0 Å². The molecule has 3 heterocycles. The summed E-state index contributed by atoms with van der Waals surface area (Å²) in [6.07, 6.45) is 1.99. The number of fused-ring (bicyclic) bond motifs is 3. The van der Waals surface area contributed by atoms with E-state index in [9.17, 15) is 0 Å². The van der Waals surface area contributed by atoms with Crippen LogP contribution in [0.1, 0.15) is 16.1 Å². The number of hydrogen-bond acceptors (Lipinski definition) is 3. The Hall–Kier alpha value is -1.55. The molecule has 0 fully saturated rings. The zero-order chi connectivity index (χ0) is 9.71. The van der Waals surface area contributed by atoms with Gasteiger partial charge in [-0.3, -0.25) is 0 Å². The Bertz CT molecular complexity index is 536. The van der Waals surface area contributed by atoms with Crippen molar-refractivity contribution >= 4 is 17.0 Å². The lowest BCUT2D eigenvalue weighted by atomic mass is 10.2. The summed E-state index contributed by atoms with van der Waals surface area (Å²) >= 11 is 1.62. The Morgan fingerprint density at radius 3 is 3.14 bits per heavy atom. The van der Waals surface area contributed by atoms with Crippen LogP contribution in [0, 0.1) is 6.92 Å². The lowest BCUT2D eigenvalue weighted by Crippen LogP contribution is -1.96. The molecule has 3 nitrogen and oxygen atoms in total. The van der Waals surface area contributed by atoms with Crippen LogP contribution in [0.2, 0.25) is 0 Å². The van der Waals surface area contributed by atoms with Crippen LogP contribution in [0.15, 0.2) is 28.9 Å². The first-order valence-electron chi connectivity index (χ1n) is 4.31. The van der Waals surface area contributed by atoms with E-state index in [-0.39, 0.29) is 0 Å². The molecule has 14 heavy (non-hydrogen) atoms. The summed E-state index contributed by atoms with van der Waals surface area (Å²) < 4.78 is 2.07. The monoisotopic (exact) mass is 204 g/mol. The van der Waals surface area contributed by atoms with Gasteiger partial charge in [0.25, 0.3) is 0 Å². The van der Waals surface area contributed by atoms with E-state index in [4.69, 9.17) is 5.21 Å². The van der Waals surface area contributed by atoms with E-state index >= 15 is 0 Å². The Balaban J connectivity index is 2.44. The molecule has 0 atom stereocenters. The molecule has 4 heteroatoms. The smallest absolute Gasteiger partial charge is 0.145 e. The van der Waals surface area contributed by atoms with Gasteiger partial charge >= 0.3 is 0 Å². The third kappa shape index (κ3) is 0.743. The number of nitrogens with zero attached hydrogens (tertiary/aromatic N) is 2. The summed E-state index contributed by atoms with van der Waals surface area (Å²) in [5, 5.41) is 14.4. The number of rotatable bonds is 0. The number of aryl methyl sites for hydroxylation is 1. The first-order chi connectivity index (χ1) is 6.83. The molecule has 3 rings (SSSR count). The molecule has 0 saturated heterocycles. The van der Waals surface area contributed by atoms with Crippen LogP contribution in [0.5, 0.6) is 0 Å². The second kappa shape index (κ2) is 2.48. The van der Waals surface area contributed by atoms with Gasteiger partial charge in [0.1, 0.15) is 5.71 Å². The SMILES string of the molecule is Cc1csc2c1-n1cccc1/C2=N/O. The van der Waals surface area contributed by atoms with Crippen LogP contribution in [0.3, 0.4) is 0 Å². The molecule has 0 bridgehead atoms. The molecule has 0 unspecified atom stereocenters. The van der Waals surface area contributed by atoms with Crippen LogP contribution in [0.4, 0.5) is 0 Å². The molecule has 70 valence electrons. The van der Waals surface area contributed by atoms with Crippen molar-refractivity contribution in [1.82, 2.24) is 4.57 Å². The highest BCUT2D eigenvalue weighted by molar-refractivity contribution is 7.13. The Kier molecular flexibility index (Phi) is 1.39. The average Bonchev–Trinajstić information content (AvgIpc) is 2.78. The zero-order valence-corrected chi connectivity index (χ0v) is 8.38. The molecule has 1 N–H and O–H groups in total. The van der Waals surface area contributed by atoms with E-state index in [1.807, 2.05) is 18.3 Å². The summed E-state index contributed by atoms with van der Waals surface area (Å²) in [5.74, 6) is 0. The number of thiophene rings is 1. The maximum absolute atomic E-state index is 8.97. The third-order valence-corrected chi connectivity index (χ3v) is 3.58. The highest BCUT2D eigenvalue weighted by Crippen LogP contribution is 2.35. The van der Waals surface area contributed by atoms with Crippen LogP contribution in [-0.2, 0) is 0 Å². The maximum Gasteiger partial charge on any atom is 0.145 e. The van der Waals surface area contributed by atoms with Crippen LogP contribution >= 0.6 is 11.3 Å². The molecule has 1 aliphatic heterocycles. The molecule has 0 amide bonds. The zero-order valence-electron chi connectivity index (χ0n) is 7.56. The van der Waals surface area contributed by atoms with Crippen molar-refractivity contribution in [3.8, 4) is 5.69 Å². The molecular weight excluding hydrogens is 196 g/mol. The second-order valence-electron chi connectivity index (χ2n) is 3.31. The molecule has 1 aliphatic rings. The van der Waals surface area contributed by atoms with E-state index in [0.717, 1.165) is 16.3 Å². The first-order valence-corrected chi connectivity index (χ1v) is 5.19. The predicted molar refractivity (Wildman–Crippen MR) is 55.8 cm³/mol. The molecule has 0 saturated carbocycles. The summed E-state index contributed by atoms with van der Waals surface area (Å²) in [6, 6.07) is 3.92. The minimum absolute atomic E-state index is 0.683. The Morgan fingerprint density at radius 1 is 1.50 bits per heavy atom. The van der Waals surface area contributed by atoms with Crippen LogP contribution < -0.4 is 0 Å². The molecule has 0 spiro atoms. The molecule has 2 aromatic rings. The second-order valence-corrected chi connectivity index (χ2v) is 4.19. The summed E-state index contributed by atoms with van der Waals surface area (Å²) in [7, 11) is 0. The van der Waals surface area contributed by atoms with Crippen molar-refractivity contribution in [3.63, 3.8) is 0 Å². The van der Waals surface area contributed by atoms with Crippen LogP contribution in [-0.4, -0.2) is 15.5 Å². The molecule has 0 aromatic carbocycles. The normalized spacial score (nSPS) is 15.9. The average molecular weight is 204 g/mol. The summed E-state index contributed by atoms with van der Waals surface area (Å²) in [5.41, 5.74) is 4.03. The van der Waals surface area contributed by atoms with Crippen molar-refractivity contribution in [2.24, 2.45) is 5.16 Å². The standard InChI is InChI=1S/C10H8N2OS/c1-6-5-14-10-8(11-13)7-3-2-4-12(7)9(6)10/h2-5,13H,1H3/b11-8-. The van der Waals surface area contributed by atoms with E-state index in [2.05, 4.69) is 22.0 Å². The lowest BCUT2D eigenvalue weighted by Gasteiger charge is -1.98. The Labute approximate surface area is 84.9 Å². The van der Waals surface area contributed by atoms with Crippen molar-refractivity contribution in [1.29, 1.82) is 0 Å². The molecule has 0 radical (unpaired) electrons. The lowest BCUT2D eigenvalue weighted by molar-refractivity contribution is 0.320. The molecule has 0 aliphatic carbocycles. The van der Waals surface area contributed by atoms with Gasteiger partial charge in [-0.05, 0) is 30.0 Å². The van der Waals surface area contributed by atoms with E-state index in [0.29, 0.717) is 5.71 Å². The quantitative estimate of drug-likeness (QED) is 0.443. The van der Waals surface area contributed by atoms with Gasteiger partial charge < -0.3 is 9.77 Å². The van der Waals surface area contributed by atoms with Gasteiger partial charge in [0.05, 0.1) is 16.3 Å². The minimum Gasteiger partial charge on any atom is -0.410 e. The fraction of sp³-hybridized carbons (Fsp3) is 0.100. The maximum atomic E-state index is 8.97. The minimum atomic E-state index is 0.683. The van der Waals surface area contributed by atoms with E-state index in [1.54, 1.807) is 11.3 Å². The summed E-state index contributed by atoms with van der Waals surface area (Å²) in [4.78, 5) is 1.06. The van der Waals surface area contributed by atoms with Gasteiger partial charge in [-0.25, -0.2) is 0 Å². The highest BCUT2D eigenvalue weighted by atomic mass is 32.1. The first kappa shape index (κ1) is 7.82. The molecular formula is C10H8N2OS. The van der Waals surface area contributed by atoms with Gasteiger partial charge in [-0.15, -0.1) is 11.3 Å². The molecule has 2 aromatic heterocycles. The predicted octanol–water partition coefficient (Wildman–Crippen LogP) is 2.39. The summed E-state index contributed by atoms with van der Waals surface area (Å²) in [6.45, 7) is 2.07. The van der Waals surface area contributed by atoms with Gasteiger partial charge in [0, 0.05) is 6.20 Å². The van der Waals surface area contributed by atoms with Gasteiger partial charge in [0.15, 0.2) is 0 Å². The number of oxime groups is 1. The van der Waals surface area contributed by atoms with Crippen LogP contribution in [0.25, 0.3) is 5.69 Å².